The predicted molar refractivity (Wildman–Crippen MR) is 55.2 cm³/mol. The zero-order valence-corrected chi connectivity index (χ0v) is 9.34. The monoisotopic (exact) mass is 227 g/mol. The van der Waals surface area contributed by atoms with E-state index in [0.29, 0.717) is 0 Å². The third-order valence-corrected chi connectivity index (χ3v) is 5.09. The predicted octanol–water partition coefficient (Wildman–Crippen LogP) is -0.810. The van der Waals surface area contributed by atoms with Crippen LogP contribution in [0.2, 0.25) is 0 Å². The second-order valence-electron chi connectivity index (χ2n) is 4.44. The number of aryl methyl sites for hydroxylation is 1. The molecule has 0 atom stereocenters. The number of imidazole rings is 1. The van der Waals surface area contributed by atoms with Crippen LogP contribution in [0, 0.1) is 0 Å². The molecular formula is C9H13N3O2S. The Balaban J connectivity index is 2.11. The third kappa shape index (κ3) is 1.18. The van der Waals surface area contributed by atoms with E-state index in [9.17, 15) is 8.42 Å². The quantitative estimate of drug-likeness (QED) is 0.629. The van der Waals surface area contributed by atoms with Gasteiger partial charge in [-0.2, -0.15) is 0 Å². The molecule has 1 aromatic heterocycles. The van der Waals surface area contributed by atoms with E-state index in [1.165, 1.54) is 0 Å². The lowest BCUT2D eigenvalue weighted by Gasteiger charge is -2.44. The number of fused-ring (bicyclic) bond motifs is 2. The van der Waals surface area contributed by atoms with Crippen LogP contribution in [0.5, 0.6) is 0 Å². The molecule has 1 fully saturated rings. The smallest absolute Gasteiger partial charge is 0.154 e. The summed E-state index contributed by atoms with van der Waals surface area (Å²) in [6, 6.07) is 0. The molecular weight excluding hydrogens is 214 g/mol. The molecule has 1 N–H and O–H groups in total. The third-order valence-electron chi connectivity index (χ3n) is 3.22. The summed E-state index contributed by atoms with van der Waals surface area (Å²) in [5.41, 5.74) is 1.76. The van der Waals surface area contributed by atoms with Gasteiger partial charge < -0.3 is 9.88 Å². The maximum atomic E-state index is 11.3. The first-order valence-corrected chi connectivity index (χ1v) is 6.81. The summed E-state index contributed by atoms with van der Waals surface area (Å²) in [5.74, 6) is 0.430. The molecule has 15 heavy (non-hydrogen) atoms. The van der Waals surface area contributed by atoms with Crippen LogP contribution in [0.3, 0.4) is 0 Å². The summed E-state index contributed by atoms with van der Waals surface area (Å²) in [6.45, 7) is 0.819. The molecule has 3 rings (SSSR count). The summed E-state index contributed by atoms with van der Waals surface area (Å²) in [7, 11) is -0.908. The fourth-order valence-corrected chi connectivity index (χ4v) is 4.62. The van der Waals surface area contributed by atoms with Gasteiger partial charge in [0, 0.05) is 20.0 Å². The van der Waals surface area contributed by atoms with Gasteiger partial charge in [-0.25, -0.2) is 13.4 Å². The van der Waals surface area contributed by atoms with Crippen LogP contribution in [-0.4, -0.2) is 36.0 Å². The van der Waals surface area contributed by atoms with Crippen molar-refractivity contribution in [1.82, 2.24) is 14.9 Å². The van der Waals surface area contributed by atoms with Gasteiger partial charge in [0.1, 0.15) is 0 Å². The van der Waals surface area contributed by atoms with Crippen molar-refractivity contribution in [3.63, 3.8) is 0 Å². The van der Waals surface area contributed by atoms with Crippen molar-refractivity contribution in [1.29, 1.82) is 0 Å². The standard InChI is InChI=1S/C9H13N3O2S/c1-12-6-10-7-2-3-11-9(8(7)12)4-15(13,14)5-9/h6,11H,2-5H2,1H3. The van der Waals surface area contributed by atoms with Crippen molar-refractivity contribution in [3.8, 4) is 0 Å². The summed E-state index contributed by atoms with van der Waals surface area (Å²) in [4.78, 5) is 4.31. The van der Waals surface area contributed by atoms with Crippen LogP contribution < -0.4 is 5.32 Å². The highest BCUT2D eigenvalue weighted by molar-refractivity contribution is 7.93. The van der Waals surface area contributed by atoms with Crippen LogP contribution in [-0.2, 0) is 28.8 Å². The van der Waals surface area contributed by atoms with E-state index < -0.39 is 9.84 Å². The molecule has 0 aromatic carbocycles. The van der Waals surface area contributed by atoms with E-state index in [1.54, 1.807) is 6.33 Å². The van der Waals surface area contributed by atoms with Gasteiger partial charge >= 0.3 is 0 Å². The maximum Gasteiger partial charge on any atom is 0.154 e. The molecule has 2 aliphatic heterocycles. The van der Waals surface area contributed by atoms with Gasteiger partial charge in [0.15, 0.2) is 9.84 Å². The van der Waals surface area contributed by atoms with E-state index in [4.69, 9.17) is 0 Å². The maximum absolute atomic E-state index is 11.3. The molecule has 0 amide bonds. The summed E-state index contributed by atoms with van der Waals surface area (Å²) in [5, 5.41) is 3.33. The van der Waals surface area contributed by atoms with Gasteiger partial charge in [-0.3, -0.25) is 0 Å². The molecule has 0 bridgehead atoms. The zero-order valence-electron chi connectivity index (χ0n) is 8.52. The second kappa shape index (κ2) is 2.62. The number of aromatic nitrogens is 2. The number of sulfone groups is 1. The van der Waals surface area contributed by atoms with Crippen molar-refractivity contribution in [3.05, 3.63) is 17.7 Å². The van der Waals surface area contributed by atoms with Crippen LogP contribution in [0.25, 0.3) is 0 Å². The molecule has 0 unspecified atom stereocenters. The topological polar surface area (TPSA) is 64.0 Å². The molecule has 0 aliphatic carbocycles. The molecule has 5 nitrogen and oxygen atoms in total. The normalized spacial score (nSPS) is 25.9. The van der Waals surface area contributed by atoms with Gasteiger partial charge in [0.25, 0.3) is 0 Å². The Hall–Kier alpha value is -0.880. The SMILES string of the molecule is Cn1cnc2c1C1(CS(=O)(=O)C1)NCC2. The van der Waals surface area contributed by atoms with Gasteiger partial charge in [-0.15, -0.1) is 0 Å². The lowest BCUT2D eigenvalue weighted by molar-refractivity contribution is 0.333. The molecule has 1 aromatic rings. The van der Waals surface area contributed by atoms with Crippen molar-refractivity contribution in [2.45, 2.75) is 12.0 Å². The molecule has 0 radical (unpaired) electrons. The van der Waals surface area contributed by atoms with Crippen LogP contribution in [0.1, 0.15) is 11.4 Å². The van der Waals surface area contributed by atoms with Gasteiger partial charge in [-0.1, -0.05) is 0 Å². The van der Waals surface area contributed by atoms with Crippen molar-refractivity contribution in [2.24, 2.45) is 7.05 Å². The molecule has 3 heterocycles. The first-order chi connectivity index (χ1) is 7.03. The molecule has 6 heteroatoms. The van der Waals surface area contributed by atoms with Crippen molar-refractivity contribution >= 4 is 9.84 Å². The van der Waals surface area contributed by atoms with Crippen molar-refractivity contribution < 1.29 is 8.42 Å². The van der Waals surface area contributed by atoms with E-state index in [2.05, 4.69) is 10.3 Å². The highest BCUT2D eigenvalue weighted by Gasteiger charge is 2.53. The number of nitrogens with one attached hydrogen (secondary N) is 1. The van der Waals surface area contributed by atoms with E-state index in [1.807, 2.05) is 11.6 Å². The van der Waals surface area contributed by atoms with Crippen LogP contribution >= 0.6 is 0 Å². The summed E-state index contributed by atoms with van der Waals surface area (Å²) in [6.07, 6.45) is 2.66. The Bertz CT molecular complexity index is 505. The zero-order chi connectivity index (χ0) is 10.7. The van der Waals surface area contributed by atoms with E-state index in [-0.39, 0.29) is 17.0 Å². The van der Waals surface area contributed by atoms with Gasteiger partial charge in [0.2, 0.25) is 0 Å². The first-order valence-electron chi connectivity index (χ1n) is 4.99. The summed E-state index contributed by atoms with van der Waals surface area (Å²) >= 11 is 0. The number of hydrogen-bond acceptors (Lipinski definition) is 4. The highest BCUT2D eigenvalue weighted by Crippen LogP contribution is 2.37. The largest absolute Gasteiger partial charge is 0.336 e. The lowest BCUT2D eigenvalue weighted by atomic mass is 9.92. The summed E-state index contributed by atoms with van der Waals surface area (Å²) < 4.78 is 24.6. The second-order valence-corrected chi connectivity index (χ2v) is 6.51. The number of rotatable bonds is 0. The Kier molecular flexibility index (Phi) is 1.63. The van der Waals surface area contributed by atoms with Crippen molar-refractivity contribution in [2.75, 3.05) is 18.1 Å². The average molecular weight is 227 g/mol. The van der Waals surface area contributed by atoms with E-state index >= 15 is 0 Å². The number of hydrogen-bond donors (Lipinski definition) is 1. The first kappa shape index (κ1) is 9.35. The molecule has 0 saturated carbocycles. The molecule has 82 valence electrons. The molecule has 1 spiro atoms. The Labute approximate surface area is 88.4 Å². The minimum atomic E-state index is -2.83. The molecule has 2 aliphatic rings. The fraction of sp³-hybridized carbons (Fsp3) is 0.667. The Morgan fingerprint density at radius 1 is 1.53 bits per heavy atom. The van der Waals surface area contributed by atoms with E-state index in [0.717, 1.165) is 24.4 Å². The van der Waals surface area contributed by atoms with Crippen LogP contribution in [0.4, 0.5) is 0 Å². The fourth-order valence-electron chi connectivity index (χ4n) is 2.73. The highest BCUT2D eigenvalue weighted by atomic mass is 32.2. The number of nitrogens with zero attached hydrogens (tertiary/aromatic N) is 2. The Morgan fingerprint density at radius 3 is 2.93 bits per heavy atom. The van der Waals surface area contributed by atoms with Gasteiger partial charge in [0.05, 0.1) is 34.8 Å². The Morgan fingerprint density at radius 2 is 2.27 bits per heavy atom. The minimum Gasteiger partial charge on any atom is -0.336 e. The van der Waals surface area contributed by atoms with Crippen LogP contribution in [0.15, 0.2) is 6.33 Å². The lowest BCUT2D eigenvalue weighted by Crippen LogP contribution is -2.64. The average Bonchev–Trinajstić information content (AvgIpc) is 2.46. The van der Waals surface area contributed by atoms with Gasteiger partial charge in [-0.05, 0) is 0 Å². The minimum absolute atomic E-state index is 0.215. The molecule has 1 saturated heterocycles.